The van der Waals surface area contributed by atoms with Crippen LogP contribution in [0.25, 0.3) is 0 Å². The van der Waals surface area contributed by atoms with E-state index >= 15 is 0 Å². The second-order valence-corrected chi connectivity index (χ2v) is 5.29. The number of amides is 3. The highest BCUT2D eigenvalue weighted by molar-refractivity contribution is 6.46. The van der Waals surface area contributed by atoms with Crippen LogP contribution in [0, 0.1) is 0 Å². The van der Waals surface area contributed by atoms with Gasteiger partial charge in [0.1, 0.15) is 0 Å². The lowest BCUT2D eigenvalue weighted by atomic mass is 10.1. The lowest BCUT2D eigenvalue weighted by Crippen LogP contribution is -2.64. The van der Waals surface area contributed by atoms with Crippen LogP contribution in [0.3, 0.4) is 0 Å². The van der Waals surface area contributed by atoms with Gasteiger partial charge in [-0.15, -0.1) is 0 Å². The van der Waals surface area contributed by atoms with Crippen molar-refractivity contribution in [3.8, 4) is 11.5 Å². The minimum absolute atomic E-state index is 0.208. The highest BCUT2D eigenvalue weighted by Gasteiger charge is 2.42. The van der Waals surface area contributed by atoms with Crippen LogP contribution in [0.1, 0.15) is 5.56 Å². The van der Waals surface area contributed by atoms with Crippen LogP contribution in [0.5, 0.6) is 11.5 Å². The number of rotatable bonds is 3. The highest BCUT2D eigenvalue weighted by atomic mass is 16.5. The first-order valence-corrected chi connectivity index (χ1v) is 7.17. The van der Waals surface area contributed by atoms with E-state index in [1.54, 1.807) is 32.4 Å². The molecule has 0 saturated carbocycles. The van der Waals surface area contributed by atoms with Crippen LogP contribution in [-0.4, -0.2) is 67.8 Å². The van der Waals surface area contributed by atoms with E-state index in [4.69, 9.17) is 9.47 Å². The van der Waals surface area contributed by atoms with Gasteiger partial charge in [-0.05, 0) is 18.2 Å². The first-order valence-electron chi connectivity index (χ1n) is 7.17. The molecule has 1 atom stereocenters. The van der Waals surface area contributed by atoms with E-state index in [1.807, 2.05) is 0 Å². The van der Waals surface area contributed by atoms with Gasteiger partial charge in [-0.25, -0.2) is 9.79 Å². The molecule has 126 valence electrons. The molecular formula is C15H17N5O4. The quantitative estimate of drug-likeness (QED) is 0.857. The average Bonchev–Trinajstić information content (AvgIpc) is 2.63. The van der Waals surface area contributed by atoms with Crippen LogP contribution < -0.4 is 14.9 Å². The molecule has 2 aliphatic rings. The molecule has 0 radical (unpaired) electrons. The Morgan fingerprint density at radius 2 is 1.83 bits per heavy atom. The maximum absolute atomic E-state index is 12.3. The summed E-state index contributed by atoms with van der Waals surface area (Å²) in [5.41, 5.74) is 3.67. The number of methoxy groups -OCH3 is 2. The van der Waals surface area contributed by atoms with E-state index in [9.17, 15) is 9.59 Å². The number of nitrogens with one attached hydrogen (secondary N) is 1. The summed E-state index contributed by atoms with van der Waals surface area (Å²) in [5, 5.41) is 4.18. The van der Waals surface area contributed by atoms with Gasteiger partial charge >= 0.3 is 6.03 Å². The van der Waals surface area contributed by atoms with Crippen molar-refractivity contribution >= 4 is 23.5 Å². The summed E-state index contributed by atoms with van der Waals surface area (Å²) < 4.78 is 10.5. The van der Waals surface area contributed by atoms with Gasteiger partial charge in [0, 0.05) is 19.7 Å². The molecule has 0 bridgehead atoms. The molecule has 2 aliphatic heterocycles. The van der Waals surface area contributed by atoms with E-state index < -0.39 is 18.1 Å². The van der Waals surface area contributed by atoms with Crippen LogP contribution in [-0.2, 0) is 4.79 Å². The molecule has 1 aromatic rings. The Hall–Kier alpha value is -3.10. The number of hydrogen-bond acceptors (Lipinski definition) is 7. The number of urea groups is 1. The number of benzene rings is 1. The third-order valence-corrected chi connectivity index (χ3v) is 3.92. The molecule has 3 amide bonds. The Balaban J connectivity index is 1.98. The molecular weight excluding hydrogens is 314 g/mol. The van der Waals surface area contributed by atoms with Gasteiger partial charge in [0.2, 0.25) is 0 Å². The number of fused-ring (bicyclic) bond motifs is 1. The molecule has 1 unspecified atom stereocenters. The minimum atomic E-state index is -0.676. The van der Waals surface area contributed by atoms with E-state index in [1.165, 1.54) is 19.1 Å². The maximum atomic E-state index is 12.3. The van der Waals surface area contributed by atoms with Crippen molar-refractivity contribution in [1.82, 2.24) is 15.2 Å². The van der Waals surface area contributed by atoms with Crippen molar-refractivity contribution in [3.63, 3.8) is 0 Å². The van der Waals surface area contributed by atoms with Crippen LogP contribution in [0.15, 0.2) is 28.3 Å². The topological polar surface area (TPSA) is 95.8 Å². The Morgan fingerprint density at radius 3 is 2.50 bits per heavy atom. The largest absolute Gasteiger partial charge is 0.493 e. The molecule has 24 heavy (non-hydrogen) atoms. The molecule has 0 aromatic heterocycles. The molecule has 9 heteroatoms. The maximum Gasteiger partial charge on any atom is 0.328 e. The predicted molar refractivity (Wildman–Crippen MR) is 86.4 cm³/mol. The van der Waals surface area contributed by atoms with E-state index in [-0.39, 0.29) is 5.71 Å². The summed E-state index contributed by atoms with van der Waals surface area (Å²) in [4.78, 5) is 31.0. The fraction of sp³-hybridized carbons (Fsp3) is 0.333. The number of hydrogen-bond donors (Lipinski definition) is 1. The Morgan fingerprint density at radius 1 is 1.12 bits per heavy atom. The molecule has 1 saturated heterocycles. The molecule has 2 heterocycles. The smallest absolute Gasteiger partial charge is 0.328 e. The fourth-order valence-corrected chi connectivity index (χ4v) is 2.53. The number of carbonyl (C=O) groups excluding carboxylic acids is 2. The van der Waals surface area contributed by atoms with Crippen molar-refractivity contribution in [3.05, 3.63) is 23.8 Å². The minimum Gasteiger partial charge on any atom is -0.493 e. The lowest BCUT2D eigenvalue weighted by Gasteiger charge is -2.37. The molecule has 1 N–H and O–H groups in total. The average molecular weight is 331 g/mol. The zero-order valence-electron chi connectivity index (χ0n) is 13.7. The van der Waals surface area contributed by atoms with Crippen LogP contribution >= 0.6 is 0 Å². The molecule has 1 aromatic carbocycles. The van der Waals surface area contributed by atoms with Crippen molar-refractivity contribution in [1.29, 1.82) is 0 Å². The molecule has 0 spiro atoms. The number of hydrazone groups is 1. The first kappa shape index (κ1) is 15.8. The number of ether oxygens (including phenoxy) is 2. The van der Waals surface area contributed by atoms with E-state index in [0.29, 0.717) is 22.9 Å². The van der Waals surface area contributed by atoms with Gasteiger partial charge in [0.05, 0.1) is 14.2 Å². The third-order valence-electron chi connectivity index (χ3n) is 3.92. The second-order valence-electron chi connectivity index (χ2n) is 5.29. The number of imide groups is 1. The van der Waals surface area contributed by atoms with Gasteiger partial charge in [0.15, 0.2) is 29.2 Å². The first-order chi connectivity index (χ1) is 11.5. The number of aliphatic imine (C=N–C) groups is 1. The molecule has 0 aliphatic carbocycles. The number of nitrogens with zero attached hydrogens (tertiary/aromatic N) is 4. The normalized spacial score (nSPS) is 20.1. The van der Waals surface area contributed by atoms with Crippen molar-refractivity contribution in [2.75, 3.05) is 28.3 Å². The number of carbonyl (C=O) groups is 2. The number of amidine groups is 1. The summed E-state index contributed by atoms with van der Waals surface area (Å²) in [6.07, 6.45) is -0.676. The fourth-order valence-electron chi connectivity index (χ4n) is 2.53. The molecule has 9 nitrogen and oxygen atoms in total. The van der Waals surface area contributed by atoms with E-state index in [0.717, 1.165) is 4.90 Å². The van der Waals surface area contributed by atoms with Crippen molar-refractivity contribution in [2.45, 2.75) is 6.17 Å². The third kappa shape index (κ3) is 2.34. The zero-order valence-corrected chi connectivity index (χ0v) is 13.7. The summed E-state index contributed by atoms with van der Waals surface area (Å²) in [6, 6.07) is 4.79. The summed E-state index contributed by atoms with van der Waals surface area (Å²) in [5.74, 6) is 0.976. The van der Waals surface area contributed by atoms with Gasteiger partial charge in [-0.2, -0.15) is 5.10 Å². The summed E-state index contributed by atoms with van der Waals surface area (Å²) in [6.45, 7) is 0. The Bertz CT molecular complexity index is 773. The molecule has 3 rings (SSSR count). The van der Waals surface area contributed by atoms with Gasteiger partial charge < -0.3 is 9.47 Å². The highest BCUT2D eigenvalue weighted by Crippen LogP contribution is 2.28. The standard InChI is InChI=1S/C15H17N5O4/c1-19-13-11(14(21)20(2)15(19)22)16-12(17-18-13)8-5-6-9(23-3)10(7-8)24-4/h5-7,13,18H,1-4H3. The Labute approximate surface area is 138 Å². The van der Waals surface area contributed by atoms with Crippen LogP contribution in [0.4, 0.5) is 4.79 Å². The Kier molecular flexibility index (Phi) is 3.84. The monoisotopic (exact) mass is 331 g/mol. The van der Waals surface area contributed by atoms with Gasteiger partial charge in [-0.3, -0.25) is 20.0 Å². The van der Waals surface area contributed by atoms with Gasteiger partial charge in [0.25, 0.3) is 5.91 Å². The van der Waals surface area contributed by atoms with Crippen molar-refractivity contribution in [2.24, 2.45) is 10.1 Å². The predicted octanol–water partition coefficient (Wildman–Crippen LogP) is 0.259. The van der Waals surface area contributed by atoms with Gasteiger partial charge in [-0.1, -0.05) is 0 Å². The SMILES string of the molecule is COc1ccc(C2=NNC3C(=N2)C(=O)N(C)C(=O)N3C)cc1OC. The lowest BCUT2D eigenvalue weighted by molar-refractivity contribution is -0.122. The summed E-state index contributed by atoms with van der Waals surface area (Å²) in [7, 11) is 6.08. The second kappa shape index (κ2) is 5.84. The summed E-state index contributed by atoms with van der Waals surface area (Å²) >= 11 is 0. The van der Waals surface area contributed by atoms with E-state index in [2.05, 4.69) is 15.5 Å². The zero-order chi connectivity index (χ0) is 17.4. The molecule has 1 fully saturated rings. The van der Waals surface area contributed by atoms with Crippen LogP contribution in [0.2, 0.25) is 0 Å². The van der Waals surface area contributed by atoms with Crippen molar-refractivity contribution < 1.29 is 19.1 Å².